The average Bonchev–Trinajstić information content (AvgIpc) is 2.82. The number of anilines is 1. The Balaban J connectivity index is 1.85. The molecule has 1 aliphatic heterocycles. The second kappa shape index (κ2) is 6.60. The number of aromatic nitrogens is 2. The number of rotatable bonds is 5. The number of carbonyl (C=O) groups excluding carboxylic acids is 2. The topological polar surface area (TPSA) is 79.3 Å². The summed E-state index contributed by atoms with van der Waals surface area (Å²) in [6, 6.07) is 1.33. The van der Waals surface area contributed by atoms with E-state index in [0.717, 1.165) is 12.8 Å². The van der Waals surface area contributed by atoms with E-state index in [4.69, 9.17) is 0 Å². The van der Waals surface area contributed by atoms with Gasteiger partial charge in [0.2, 0.25) is 0 Å². The van der Waals surface area contributed by atoms with Crippen molar-refractivity contribution in [1.82, 2.24) is 20.0 Å². The summed E-state index contributed by atoms with van der Waals surface area (Å²) in [5.41, 5.74) is 0.513. The lowest BCUT2D eigenvalue weighted by Crippen LogP contribution is -2.37. The summed E-state index contributed by atoms with van der Waals surface area (Å²) >= 11 is 0. The second-order valence-electron chi connectivity index (χ2n) is 5.78. The summed E-state index contributed by atoms with van der Waals surface area (Å²) in [5.74, 6) is 0.979. The summed E-state index contributed by atoms with van der Waals surface area (Å²) < 4.78 is 1.64. The monoisotopic (exact) mass is 293 g/mol. The van der Waals surface area contributed by atoms with Crippen molar-refractivity contribution >= 4 is 17.8 Å². The summed E-state index contributed by atoms with van der Waals surface area (Å²) in [5, 5.41) is 9.69. The lowest BCUT2D eigenvalue weighted by Gasteiger charge is -2.22. The maximum Gasteiger partial charge on any atom is 0.320 e. The van der Waals surface area contributed by atoms with Gasteiger partial charge in [-0.25, -0.2) is 4.79 Å². The number of hydrogen-bond donors (Lipinski definition) is 2. The van der Waals surface area contributed by atoms with Gasteiger partial charge in [-0.05, 0) is 18.8 Å². The van der Waals surface area contributed by atoms with E-state index >= 15 is 0 Å². The minimum absolute atomic E-state index is 0.0702. The predicted molar refractivity (Wildman–Crippen MR) is 80.3 cm³/mol. The van der Waals surface area contributed by atoms with Crippen LogP contribution < -0.4 is 10.6 Å². The van der Waals surface area contributed by atoms with Gasteiger partial charge in [0.25, 0.3) is 5.91 Å². The molecule has 0 fully saturated rings. The van der Waals surface area contributed by atoms with Crippen molar-refractivity contribution in [2.45, 2.75) is 33.2 Å². The zero-order valence-corrected chi connectivity index (χ0v) is 12.8. The van der Waals surface area contributed by atoms with Gasteiger partial charge in [0, 0.05) is 26.2 Å². The Bertz CT molecular complexity index is 523. The zero-order chi connectivity index (χ0) is 15.4. The van der Waals surface area contributed by atoms with Gasteiger partial charge in [-0.2, -0.15) is 5.10 Å². The molecular weight excluding hydrogens is 270 g/mol. The molecule has 2 heterocycles. The highest BCUT2D eigenvalue weighted by molar-refractivity contribution is 5.95. The fourth-order valence-electron chi connectivity index (χ4n) is 2.24. The molecule has 7 heteroatoms. The van der Waals surface area contributed by atoms with Crippen molar-refractivity contribution in [3.8, 4) is 0 Å². The molecule has 1 aromatic rings. The minimum atomic E-state index is -0.282. The van der Waals surface area contributed by atoms with E-state index < -0.39 is 0 Å². The van der Waals surface area contributed by atoms with Crippen molar-refractivity contribution in [2.75, 3.05) is 25.5 Å². The number of urea groups is 1. The maximum atomic E-state index is 11.9. The minimum Gasteiger partial charge on any atom is -0.339 e. The van der Waals surface area contributed by atoms with Gasteiger partial charge in [0.1, 0.15) is 5.69 Å². The molecule has 3 amide bonds. The Morgan fingerprint density at radius 3 is 2.90 bits per heavy atom. The first-order valence-electron chi connectivity index (χ1n) is 7.35. The first-order valence-corrected chi connectivity index (χ1v) is 7.35. The van der Waals surface area contributed by atoms with E-state index in [9.17, 15) is 9.59 Å². The molecule has 7 nitrogen and oxygen atoms in total. The normalized spacial score (nSPS) is 14.3. The second-order valence-corrected chi connectivity index (χ2v) is 5.78. The van der Waals surface area contributed by atoms with Gasteiger partial charge < -0.3 is 10.2 Å². The van der Waals surface area contributed by atoms with E-state index in [0.29, 0.717) is 37.1 Å². The van der Waals surface area contributed by atoms with Gasteiger partial charge in [0.15, 0.2) is 5.82 Å². The van der Waals surface area contributed by atoms with Gasteiger partial charge in [-0.1, -0.05) is 13.8 Å². The van der Waals surface area contributed by atoms with Crippen LogP contribution in [0.5, 0.6) is 0 Å². The number of nitrogens with one attached hydrogen (secondary N) is 2. The lowest BCUT2D eigenvalue weighted by molar-refractivity contribution is 0.0743. The fraction of sp³-hybridized carbons (Fsp3) is 0.643. The summed E-state index contributed by atoms with van der Waals surface area (Å²) in [6.45, 7) is 6.23. The van der Waals surface area contributed by atoms with Crippen LogP contribution in [0.2, 0.25) is 0 Å². The van der Waals surface area contributed by atoms with E-state index in [1.54, 1.807) is 22.7 Å². The SMILES string of the molecule is CC(C)CCCNC(=O)Nc1cc2n(n1)CCN(C)C2=O. The Kier molecular flexibility index (Phi) is 4.82. The molecule has 1 aromatic heterocycles. The number of fused-ring (bicyclic) bond motifs is 1. The van der Waals surface area contributed by atoms with Crippen molar-refractivity contribution in [3.05, 3.63) is 11.8 Å². The number of carbonyl (C=O) groups is 2. The molecule has 0 aromatic carbocycles. The molecule has 0 spiro atoms. The Hall–Kier alpha value is -2.05. The number of likely N-dealkylation sites (N-methyl/N-ethyl adjacent to an activating group) is 1. The highest BCUT2D eigenvalue weighted by atomic mass is 16.2. The smallest absolute Gasteiger partial charge is 0.320 e. The summed E-state index contributed by atoms with van der Waals surface area (Å²) in [6.07, 6.45) is 2.04. The molecule has 0 unspecified atom stereocenters. The number of amides is 3. The third kappa shape index (κ3) is 3.96. The Morgan fingerprint density at radius 1 is 1.43 bits per heavy atom. The predicted octanol–water partition coefficient (Wildman–Crippen LogP) is 1.53. The summed E-state index contributed by atoms with van der Waals surface area (Å²) in [7, 11) is 1.76. The average molecular weight is 293 g/mol. The van der Waals surface area contributed by atoms with Gasteiger partial charge in [-0.15, -0.1) is 0 Å². The lowest BCUT2D eigenvalue weighted by atomic mass is 10.1. The van der Waals surface area contributed by atoms with Crippen LogP contribution in [-0.4, -0.2) is 46.8 Å². The Morgan fingerprint density at radius 2 is 2.19 bits per heavy atom. The van der Waals surface area contributed by atoms with Crippen LogP contribution in [0.25, 0.3) is 0 Å². The molecule has 0 saturated carbocycles. The van der Waals surface area contributed by atoms with Gasteiger partial charge >= 0.3 is 6.03 Å². The maximum absolute atomic E-state index is 11.9. The third-order valence-electron chi connectivity index (χ3n) is 3.48. The molecule has 2 rings (SSSR count). The molecular formula is C14H23N5O2. The standard InChI is InChI=1S/C14H23N5O2/c1-10(2)5-4-6-15-14(21)16-12-9-11-13(20)18(3)7-8-19(11)17-12/h9-10H,4-8H2,1-3H3,(H2,15,16,17,21). The van der Waals surface area contributed by atoms with Crippen molar-refractivity contribution in [3.63, 3.8) is 0 Å². The number of nitrogens with zero attached hydrogens (tertiary/aromatic N) is 3. The molecule has 1 aliphatic rings. The van der Waals surface area contributed by atoms with Crippen molar-refractivity contribution < 1.29 is 9.59 Å². The molecule has 21 heavy (non-hydrogen) atoms. The van der Waals surface area contributed by atoms with E-state index in [1.165, 1.54) is 0 Å². The van der Waals surface area contributed by atoms with E-state index in [1.807, 2.05) is 0 Å². The molecule has 0 atom stereocenters. The first-order chi connectivity index (χ1) is 9.97. The van der Waals surface area contributed by atoms with Crippen molar-refractivity contribution in [2.24, 2.45) is 5.92 Å². The molecule has 0 radical (unpaired) electrons. The molecule has 0 aliphatic carbocycles. The van der Waals surface area contributed by atoms with Crippen LogP contribution in [0, 0.1) is 5.92 Å². The molecule has 0 bridgehead atoms. The van der Waals surface area contributed by atoms with Crippen molar-refractivity contribution in [1.29, 1.82) is 0 Å². The van der Waals surface area contributed by atoms with Crippen LogP contribution in [0.3, 0.4) is 0 Å². The fourth-order valence-corrected chi connectivity index (χ4v) is 2.24. The quantitative estimate of drug-likeness (QED) is 0.808. The van der Waals surface area contributed by atoms with Crippen LogP contribution >= 0.6 is 0 Å². The van der Waals surface area contributed by atoms with Crippen LogP contribution in [-0.2, 0) is 6.54 Å². The van der Waals surface area contributed by atoms with Gasteiger partial charge in [-0.3, -0.25) is 14.8 Å². The van der Waals surface area contributed by atoms with Crippen LogP contribution in [0.15, 0.2) is 6.07 Å². The van der Waals surface area contributed by atoms with Crippen LogP contribution in [0.1, 0.15) is 37.2 Å². The van der Waals surface area contributed by atoms with Gasteiger partial charge in [0.05, 0.1) is 6.54 Å². The van der Waals surface area contributed by atoms with E-state index in [-0.39, 0.29) is 11.9 Å². The van der Waals surface area contributed by atoms with E-state index in [2.05, 4.69) is 29.6 Å². The highest BCUT2D eigenvalue weighted by Gasteiger charge is 2.24. The van der Waals surface area contributed by atoms with Crippen LogP contribution in [0.4, 0.5) is 10.6 Å². The molecule has 116 valence electrons. The Labute approximate surface area is 124 Å². The molecule has 0 saturated heterocycles. The summed E-state index contributed by atoms with van der Waals surface area (Å²) in [4.78, 5) is 25.3. The zero-order valence-electron chi connectivity index (χ0n) is 12.8. The largest absolute Gasteiger partial charge is 0.339 e. The molecule has 2 N–H and O–H groups in total. The third-order valence-corrected chi connectivity index (χ3v) is 3.48. The first kappa shape index (κ1) is 15.3. The number of hydrogen-bond acceptors (Lipinski definition) is 3. The highest BCUT2D eigenvalue weighted by Crippen LogP contribution is 2.15.